The molecule has 0 spiro atoms. The van der Waals surface area contributed by atoms with Gasteiger partial charge in [0.15, 0.2) is 0 Å². The standard InChI is InChI=1S/C6H5ClN2O2.C2H6/c1-4-2-5(9(10)11)3-8-6(4)7;1-2/h2-3H,1H3;1-2H3. The van der Waals surface area contributed by atoms with E-state index in [1.807, 2.05) is 13.8 Å². The van der Waals surface area contributed by atoms with Crippen LogP contribution in [0.3, 0.4) is 0 Å². The number of halogens is 1. The average molecular weight is 203 g/mol. The molecule has 1 aromatic rings. The van der Waals surface area contributed by atoms with E-state index in [0.29, 0.717) is 10.7 Å². The molecular formula is C8H11ClN2O2. The van der Waals surface area contributed by atoms with Crippen molar-refractivity contribution in [3.8, 4) is 0 Å². The third-order valence-corrected chi connectivity index (χ3v) is 1.61. The molecule has 0 aliphatic rings. The molecule has 0 fully saturated rings. The summed E-state index contributed by atoms with van der Waals surface area (Å²) in [6.07, 6.45) is 1.13. The lowest BCUT2D eigenvalue weighted by atomic mass is 10.3. The predicted molar refractivity (Wildman–Crippen MR) is 52.0 cm³/mol. The Morgan fingerprint density at radius 2 is 2.08 bits per heavy atom. The lowest BCUT2D eigenvalue weighted by Crippen LogP contribution is -1.90. The Hall–Kier alpha value is -1.16. The first-order chi connectivity index (χ1) is 6.11. The maximum Gasteiger partial charge on any atom is 0.287 e. The summed E-state index contributed by atoms with van der Waals surface area (Å²) in [5.74, 6) is 0. The zero-order chi connectivity index (χ0) is 10.4. The lowest BCUT2D eigenvalue weighted by molar-refractivity contribution is -0.385. The molecule has 0 radical (unpaired) electrons. The minimum absolute atomic E-state index is 0.0353. The van der Waals surface area contributed by atoms with Crippen LogP contribution in [-0.4, -0.2) is 9.91 Å². The van der Waals surface area contributed by atoms with Crippen molar-refractivity contribution in [1.29, 1.82) is 0 Å². The molecule has 0 N–H and O–H groups in total. The van der Waals surface area contributed by atoms with E-state index in [9.17, 15) is 10.1 Å². The molecule has 13 heavy (non-hydrogen) atoms. The van der Waals surface area contributed by atoms with Gasteiger partial charge in [0.2, 0.25) is 0 Å². The van der Waals surface area contributed by atoms with Gasteiger partial charge < -0.3 is 0 Å². The van der Waals surface area contributed by atoms with Crippen molar-refractivity contribution in [2.24, 2.45) is 0 Å². The zero-order valence-electron chi connectivity index (χ0n) is 7.74. The highest BCUT2D eigenvalue weighted by atomic mass is 35.5. The molecule has 4 nitrogen and oxygen atoms in total. The van der Waals surface area contributed by atoms with Gasteiger partial charge in [0.25, 0.3) is 5.69 Å². The first kappa shape index (κ1) is 11.8. The van der Waals surface area contributed by atoms with Crippen molar-refractivity contribution >= 4 is 17.3 Å². The minimum atomic E-state index is -0.504. The number of nitro groups is 1. The Kier molecular flexibility index (Phi) is 4.99. The number of hydrogen-bond donors (Lipinski definition) is 0. The summed E-state index contributed by atoms with van der Waals surface area (Å²) in [5, 5.41) is 10.5. The molecule has 0 aliphatic carbocycles. The molecule has 0 aromatic carbocycles. The van der Waals surface area contributed by atoms with Crippen LogP contribution in [0.25, 0.3) is 0 Å². The SMILES string of the molecule is CC.Cc1cc([N+](=O)[O-])cnc1Cl. The second-order valence-electron chi connectivity index (χ2n) is 2.06. The van der Waals surface area contributed by atoms with Crippen LogP contribution in [0.2, 0.25) is 5.15 Å². The van der Waals surface area contributed by atoms with E-state index >= 15 is 0 Å². The van der Waals surface area contributed by atoms with Crippen LogP contribution >= 0.6 is 11.6 Å². The largest absolute Gasteiger partial charge is 0.287 e. The molecule has 5 heteroatoms. The van der Waals surface area contributed by atoms with Gasteiger partial charge in [0.05, 0.1) is 4.92 Å². The van der Waals surface area contributed by atoms with Gasteiger partial charge in [-0.1, -0.05) is 25.4 Å². The Morgan fingerprint density at radius 1 is 1.54 bits per heavy atom. The summed E-state index contributed by atoms with van der Waals surface area (Å²) in [7, 11) is 0. The van der Waals surface area contributed by atoms with Crippen LogP contribution in [0.5, 0.6) is 0 Å². The van der Waals surface area contributed by atoms with E-state index in [-0.39, 0.29) is 5.69 Å². The molecule has 0 aliphatic heterocycles. The van der Waals surface area contributed by atoms with Crippen LogP contribution in [0, 0.1) is 17.0 Å². The Morgan fingerprint density at radius 3 is 2.46 bits per heavy atom. The molecule has 0 unspecified atom stereocenters. The fraction of sp³-hybridized carbons (Fsp3) is 0.375. The first-order valence-corrected chi connectivity index (χ1v) is 4.25. The fourth-order valence-corrected chi connectivity index (χ4v) is 0.746. The van der Waals surface area contributed by atoms with E-state index in [1.165, 1.54) is 6.07 Å². The summed E-state index contributed by atoms with van der Waals surface area (Å²) in [5.41, 5.74) is 0.577. The summed E-state index contributed by atoms with van der Waals surface area (Å²) in [4.78, 5) is 13.3. The van der Waals surface area contributed by atoms with Gasteiger partial charge in [-0.05, 0) is 12.5 Å². The van der Waals surface area contributed by atoms with Crippen LogP contribution in [0.1, 0.15) is 19.4 Å². The van der Waals surface area contributed by atoms with E-state index in [0.717, 1.165) is 6.20 Å². The minimum Gasteiger partial charge on any atom is -0.258 e. The highest BCUT2D eigenvalue weighted by Crippen LogP contribution is 2.17. The number of aromatic nitrogens is 1. The molecule has 0 bridgehead atoms. The molecular weight excluding hydrogens is 192 g/mol. The molecule has 1 heterocycles. The lowest BCUT2D eigenvalue weighted by Gasteiger charge is -1.94. The molecule has 1 aromatic heterocycles. The van der Waals surface area contributed by atoms with Crippen LogP contribution in [0.15, 0.2) is 12.3 Å². The van der Waals surface area contributed by atoms with Gasteiger partial charge in [0, 0.05) is 6.07 Å². The van der Waals surface area contributed by atoms with E-state index in [1.54, 1.807) is 6.92 Å². The number of pyridine rings is 1. The Balaban J connectivity index is 0.000000671. The first-order valence-electron chi connectivity index (χ1n) is 3.88. The van der Waals surface area contributed by atoms with Crippen molar-refractivity contribution in [2.75, 3.05) is 0 Å². The number of aryl methyl sites for hydroxylation is 1. The van der Waals surface area contributed by atoms with Gasteiger partial charge in [-0.3, -0.25) is 10.1 Å². The van der Waals surface area contributed by atoms with E-state index in [2.05, 4.69) is 4.98 Å². The van der Waals surface area contributed by atoms with Crippen LogP contribution in [-0.2, 0) is 0 Å². The Labute approximate surface area is 81.7 Å². The number of rotatable bonds is 1. The highest BCUT2D eigenvalue weighted by Gasteiger charge is 2.06. The number of hydrogen-bond acceptors (Lipinski definition) is 3. The topological polar surface area (TPSA) is 56.0 Å². The maximum absolute atomic E-state index is 10.2. The van der Waals surface area contributed by atoms with Crippen molar-refractivity contribution in [2.45, 2.75) is 20.8 Å². The summed E-state index contributed by atoms with van der Waals surface area (Å²) in [6, 6.07) is 1.38. The van der Waals surface area contributed by atoms with Crippen molar-refractivity contribution in [3.63, 3.8) is 0 Å². The normalized spacial score (nSPS) is 8.62. The van der Waals surface area contributed by atoms with Crippen molar-refractivity contribution in [1.82, 2.24) is 4.98 Å². The van der Waals surface area contributed by atoms with Crippen LogP contribution in [0.4, 0.5) is 5.69 Å². The number of nitrogens with zero attached hydrogens (tertiary/aromatic N) is 2. The zero-order valence-corrected chi connectivity index (χ0v) is 8.50. The van der Waals surface area contributed by atoms with Gasteiger partial charge in [-0.15, -0.1) is 0 Å². The quantitative estimate of drug-likeness (QED) is 0.400. The van der Waals surface area contributed by atoms with E-state index < -0.39 is 4.92 Å². The fourth-order valence-electron chi connectivity index (χ4n) is 0.643. The summed E-state index contributed by atoms with van der Waals surface area (Å²) in [6.45, 7) is 5.67. The summed E-state index contributed by atoms with van der Waals surface area (Å²) >= 11 is 5.55. The van der Waals surface area contributed by atoms with Crippen molar-refractivity contribution in [3.05, 3.63) is 33.1 Å². The molecule has 1 rings (SSSR count). The highest BCUT2D eigenvalue weighted by molar-refractivity contribution is 6.30. The Bertz CT molecular complexity index is 302. The van der Waals surface area contributed by atoms with Crippen LogP contribution < -0.4 is 0 Å². The third-order valence-electron chi connectivity index (χ3n) is 1.21. The summed E-state index contributed by atoms with van der Waals surface area (Å²) < 4.78 is 0. The average Bonchev–Trinajstić information content (AvgIpc) is 2.13. The van der Waals surface area contributed by atoms with Gasteiger partial charge in [-0.2, -0.15) is 0 Å². The molecule has 72 valence electrons. The van der Waals surface area contributed by atoms with E-state index in [4.69, 9.17) is 11.6 Å². The second-order valence-corrected chi connectivity index (χ2v) is 2.42. The monoisotopic (exact) mass is 202 g/mol. The van der Waals surface area contributed by atoms with Gasteiger partial charge in [0.1, 0.15) is 11.3 Å². The predicted octanol–water partition coefficient (Wildman–Crippen LogP) is 2.98. The molecule has 0 amide bonds. The molecule has 0 saturated carbocycles. The van der Waals surface area contributed by atoms with Gasteiger partial charge in [-0.25, -0.2) is 4.98 Å². The third kappa shape index (κ3) is 3.38. The maximum atomic E-state index is 10.2. The second kappa shape index (κ2) is 5.48. The smallest absolute Gasteiger partial charge is 0.258 e. The van der Waals surface area contributed by atoms with Crippen molar-refractivity contribution < 1.29 is 4.92 Å². The molecule has 0 atom stereocenters. The van der Waals surface area contributed by atoms with Gasteiger partial charge >= 0.3 is 0 Å². The molecule has 0 saturated heterocycles.